The van der Waals surface area contributed by atoms with Crippen LogP contribution in [0.1, 0.15) is 32.6 Å². The van der Waals surface area contributed by atoms with Crippen LogP contribution in [0.5, 0.6) is 0 Å². The molecule has 0 heterocycles. The third kappa shape index (κ3) is 2.95. The third-order valence-electron chi connectivity index (χ3n) is 3.16. The SMILES string of the molecule is CCCNC(=O)CNC(=O)C1(CN)CCC1. The Kier molecular flexibility index (Phi) is 4.73. The summed E-state index contributed by atoms with van der Waals surface area (Å²) < 4.78 is 0. The maximum absolute atomic E-state index is 11.8. The predicted molar refractivity (Wildman–Crippen MR) is 61.6 cm³/mol. The summed E-state index contributed by atoms with van der Waals surface area (Å²) in [6.07, 6.45) is 3.62. The van der Waals surface area contributed by atoms with E-state index in [9.17, 15) is 9.59 Å². The van der Waals surface area contributed by atoms with Crippen molar-refractivity contribution in [1.82, 2.24) is 10.6 Å². The molecule has 0 saturated heterocycles. The summed E-state index contributed by atoms with van der Waals surface area (Å²) in [5.74, 6) is -0.213. The lowest BCUT2D eigenvalue weighted by molar-refractivity contribution is -0.136. The molecule has 0 aliphatic heterocycles. The molecule has 4 N–H and O–H groups in total. The van der Waals surface area contributed by atoms with E-state index in [1.165, 1.54) is 0 Å². The molecule has 0 radical (unpaired) electrons. The highest BCUT2D eigenvalue weighted by atomic mass is 16.2. The molecule has 16 heavy (non-hydrogen) atoms. The van der Waals surface area contributed by atoms with Gasteiger partial charge in [-0.2, -0.15) is 0 Å². The van der Waals surface area contributed by atoms with Crippen LogP contribution < -0.4 is 16.4 Å². The molecule has 1 aliphatic rings. The minimum Gasteiger partial charge on any atom is -0.355 e. The maximum Gasteiger partial charge on any atom is 0.239 e. The van der Waals surface area contributed by atoms with Crippen LogP contribution in [0.15, 0.2) is 0 Å². The first-order valence-corrected chi connectivity index (χ1v) is 5.89. The molecular weight excluding hydrogens is 206 g/mol. The van der Waals surface area contributed by atoms with Gasteiger partial charge >= 0.3 is 0 Å². The van der Waals surface area contributed by atoms with Gasteiger partial charge in [-0.1, -0.05) is 13.3 Å². The number of amides is 2. The molecule has 0 bridgehead atoms. The van der Waals surface area contributed by atoms with E-state index < -0.39 is 5.41 Å². The van der Waals surface area contributed by atoms with Crippen LogP contribution in [0.2, 0.25) is 0 Å². The monoisotopic (exact) mass is 227 g/mol. The van der Waals surface area contributed by atoms with Crippen molar-refractivity contribution < 1.29 is 9.59 Å². The van der Waals surface area contributed by atoms with Gasteiger partial charge in [0, 0.05) is 13.1 Å². The lowest BCUT2D eigenvalue weighted by atomic mass is 9.68. The molecule has 0 aromatic heterocycles. The van der Waals surface area contributed by atoms with Gasteiger partial charge in [-0.3, -0.25) is 9.59 Å². The van der Waals surface area contributed by atoms with E-state index in [4.69, 9.17) is 5.73 Å². The number of nitrogens with two attached hydrogens (primary N) is 1. The Hall–Kier alpha value is -1.10. The first-order chi connectivity index (χ1) is 7.64. The largest absolute Gasteiger partial charge is 0.355 e. The zero-order valence-corrected chi connectivity index (χ0v) is 9.84. The smallest absolute Gasteiger partial charge is 0.239 e. The Labute approximate surface area is 96.1 Å². The lowest BCUT2D eigenvalue weighted by Gasteiger charge is -2.38. The van der Waals surface area contributed by atoms with Gasteiger partial charge in [0.2, 0.25) is 11.8 Å². The molecule has 0 atom stereocenters. The van der Waals surface area contributed by atoms with Crippen molar-refractivity contribution in [1.29, 1.82) is 0 Å². The normalized spacial score (nSPS) is 17.4. The van der Waals surface area contributed by atoms with Crippen molar-refractivity contribution in [2.45, 2.75) is 32.6 Å². The van der Waals surface area contributed by atoms with Crippen molar-refractivity contribution in [3.8, 4) is 0 Å². The third-order valence-corrected chi connectivity index (χ3v) is 3.16. The Bertz CT molecular complexity index is 256. The molecule has 1 fully saturated rings. The highest BCUT2D eigenvalue weighted by molar-refractivity contribution is 5.88. The summed E-state index contributed by atoms with van der Waals surface area (Å²) in [5, 5.41) is 5.36. The quantitative estimate of drug-likeness (QED) is 0.585. The summed E-state index contributed by atoms with van der Waals surface area (Å²) in [7, 11) is 0. The lowest BCUT2D eigenvalue weighted by Crippen LogP contribution is -2.52. The Balaban J connectivity index is 2.26. The minimum atomic E-state index is -0.398. The summed E-state index contributed by atoms with van der Waals surface area (Å²) in [4.78, 5) is 23.1. The van der Waals surface area contributed by atoms with Crippen LogP contribution in [0.4, 0.5) is 0 Å². The van der Waals surface area contributed by atoms with Crippen LogP contribution in [0.3, 0.4) is 0 Å². The topological polar surface area (TPSA) is 84.2 Å². The first-order valence-electron chi connectivity index (χ1n) is 5.89. The van der Waals surface area contributed by atoms with Gasteiger partial charge in [0.15, 0.2) is 0 Å². The molecule has 92 valence electrons. The van der Waals surface area contributed by atoms with Crippen LogP contribution in [0.25, 0.3) is 0 Å². The van der Waals surface area contributed by atoms with Crippen molar-refractivity contribution in [3.63, 3.8) is 0 Å². The molecule has 2 amide bonds. The van der Waals surface area contributed by atoms with E-state index in [2.05, 4.69) is 10.6 Å². The number of carbonyl (C=O) groups is 2. The molecule has 5 nitrogen and oxygen atoms in total. The maximum atomic E-state index is 11.8. The Morgan fingerprint density at radius 3 is 2.44 bits per heavy atom. The van der Waals surface area contributed by atoms with Gasteiger partial charge in [0.05, 0.1) is 12.0 Å². The van der Waals surface area contributed by atoms with Gasteiger partial charge in [0.1, 0.15) is 0 Å². The molecule has 1 aliphatic carbocycles. The summed E-state index contributed by atoms with van der Waals surface area (Å²) in [5.41, 5.74) is 5.20. The first kappa shape index (κ1) is 13.0. The minimum absolute atomic E-state index is 0.0561. The summed E-state index contributed by atoms with van der Waals surface area (Å²) in [6.45, 7) is 3.06. The van der Waals surface area contributed by atoms with Gasteiger partial charge in [-0.15, -0.1) is 0 Å². The van der Waals surface area contributed by atoms with Crippen LogP contribution in [-0.2, 0) is 9.59 Å². The molecule has 5 heteroatoms. The van der Waals surface area contributed by atoms with E-state index >= 15 is 0 Å². The fourth-order valence-corrected chi connectivity index (χ4v) is 1.80. The number of hydrogen-bond donors (Lipinski definition) is 3. The molecule has 0 unspecified atom stereocenters. The van der Waals surface area contributed by atoms with Gasteiger partial charge in [0.25, 0.3) is 0 Å². The van der Waals surface area contributed by atoms with Crippen molar-refractivity contribution >= 4 is 11.8 Å². The second-order valence-electron chi connectivity index (χ2n) is 4.37. The van der Waals surface area contributed by atoms with Crippen LogP contribution >= 0.6 is 0 Å². The fourth-order valence-electron chi connectivity index (χ4n) is 1.80. The predicted octanol–water partition coefficient (Wildman–Crippen LogP) is -0.242. The molecule has 0 aromatic carbocycles. The van der Waals surface area contributed by atoms with E-state index in [1.54, 1.807) is 0 Å². The summed E-state index contributed by atoms with van der Waals surface area (Å²) in [6, 6.07) is 0. The van der Waals surface area contributed by atoms with Crippen molar-refractivity contribution in [2.24, 2.45) is 11.1 Å². The second kappa shape index (κ2) is 5.84. The Morgan fingerprint density at radius 1 is 1.31 bits per heavy atom. The van der Waals surface area contributed by atoms with Crippen molar-refractivity contribution in [2.75, 3.05) is 19.6 Å². The van der Waals surface area contributed by atoms with Crippen LogP contribution in [-0.4, -0.2) is 31.4 Å². The number of carbonyl (C=O) groups excluding carboxylic acids is 2. The number of rotatable bonds is 6. The zero-order chi connectivity index (χ0) is 12.0. The molecule has 1 rings (SSSR count). The number of nitrogens with one attached hydrogen (secondary N) is 2. The number of hydrogen-bond acceptors (Lipinski definition) is 3. The Morgan fingerprint density at radius 2 is 2.00 bits per heavy atom. The molecule has 0 aromatic rings. The highest BCUT2D eigenvalue weighted by Gasteiger charge is 2.42. The highest BCUT2D eigenvalue weighted by Crippen LogP contribution is 2.39. The van der Waals surface area contributed by atoms with Crippen molar-refractivity contribution in [3.05, 3.63) is 0 Å². The van der Waals surface area contributed by atoms with E-state index in [-0.39, 0.29) is 18.4 Å². The average Bonchev–Trinajstić information content (AvgIpc) is 2.22. The molecule has 0 spiro atoms. The zero-order valence-electron chi connectivity index (χ0n) is 9.84. The van der Waals surface area contributed by atoms with E-state index in [0.29, 0.717) is 13.1 Å². The standard InChI is InChI=1S/C11H21N3O2/c1-2-6-13-9(15)7-14-10(16)11(8-12)4-3-5-11/h2-8,12H2,1H3,(H,13,15)(H,14,16). The average molecular weight is 227 g/mol. The molecular formula is C11H21N3O2. The second-order valence-corrected chi connectivity index (χ2v) is 4.37. The fraction of sp³-hybridized carbons (Fsp3) is 0.818. The van der Waals surface area contributed by atoms with Gasteiger partial charge in [-0.05, 0) is 19.3 Å². The van der Waals surface area contributed by atoms with E-state index in [0.717, 1.165) is 25.7 Å². The van der Waals surface area contributed by atoms with Gasteiger partial charge in [-0.25, -0.2) is 0 Å². The molecule has 1 saturated carbocycles. The van der Waals surface area contributed by atoms with Gasteiger partial charge < -0.3 is 16.4 Å². The van der Waals surface area contributed by atoms with E-state index in [1.807, 2.05) is 6.92 Å². The van der Waals surface area contributed by atoms with Crippen LogP contribution in [0, 0.1) is 5.41 Å². The summed E-state index contributed by atoms with van der Waals surface area (Å²) >= 11 is 0.